The summed E-state index contributed by atoms with van der Waals surface area (Å²) >= 11 is 0. The average Bonchev–Trinajstić information content (AvgIpc) is 3.33. The molecule has 3 heterocycles. The summed E-state index contributed by atoms with van der Waals surface area (Å²) in [4.78, 5) is 19.8. The van der Waals surface area contributed by atoms with Gasteiger partial charge in [0.25, 0.3) is 0 Å². The molecule has 234 valence electrons. The standard InChI is InChI=1S/C33H32F2N4O6/c1-42-30-18-25-27(19-31(30)44-14-2-11-37-12-15-43-16-13-37)36-10-9-28(25)45-29-8-7-24(17-26(29)35)39-32(40)21-38(33(39)41)20-22-3-5-23(34)6-4-22/h3-10,17-19,21,40H,2,11-16,20H2,1H3. The molecule has 6 rings (SSSR count). The molecule has 1 fully saturated rings. The maximum atomic E-state index is 15.4. The van der Waals surface area contributed by atoms with Crippen LogP contribution in [-0.4, -0.2) is 70.7 Å². The van der Waals surface area contributed by atoms with Crippen molar-refractivity contribution in [3.05, 3.63) is 101 Å². The fraction of sp³-hybridized carbons (Fsp3) is 0.273. The number of morpholine rings is 1. The van der Waals surface area contributed by atoms with E-state index in [9.17, 15) is 14.3 Å². The van der Waals surface area contributed by atoms with Crippen LogP contribution >= 0.6 is 0 Å². The summed E-state index contributed by atoms with van der Waals surface area (Å²) in [6, 6.07) is 14.7. The number of benzene rings is 3. The van der Waals surface area contributed by atoms with E-state index in [0.717, 1.165) is 49.9 Å². The van der Waals surface area contributed by atoms with Crippen molar-refractivity contribution in [2.75, 3.05) is 46.6 Å². The Hall–Kier alpha value is -4.94. The number of pyridine rings is 1. The van der Waals surface area contributed by atoms with Crippen molar-refractivity contribution < 1.29 is 32.8 Å². The molecule has 45 heavy (non-hydrogen) atoms. The number of halogens is 2. The molecular weight excluding hydrogens is 586 g/mol. The van der Waals surface area contributed by atoms with E-state index < -0.39 is 17.3 Å². The summed E-state index contributed by atoms with van der Waals surface area (Å²) < 4.78 is 53.8. The summed E-state index contributed by atoms with van der Waals surface area (Å²) in [6.45, 7) is 4.86. The third-order valence-corrected chi connectivity index (χ3v) is 7.56. The van der Waals surface area contributed by atoms with Gasteiger partial charge in [0, 0.05) is 43.4 Å². The van der Waals surface area contributed by atoms with Crippen LogP contribution in [0.15, 0.2) is 77.9 Å². The first-order valence-electron chi connectivity index (χ1n) is 14.5. The minimum atomic E-state index is -0.748. The molecule has 0 saturated carbocycles. The van der Waals surface area contributed by atoms with Crippen LogP contribution in [0.4, 0.5) is 8.78 Å². The van der Waals surface area contributed by atoms with Gasteiger partial charge in [0.05, 0.1) is 50.9 Å². The minimum absolute atomic E-state index is 0.0908. The van der Waals surface area contributed by atoms with Crippen LogP contribution in [0.1, 0.15) is 12.0 Å². The van der Waals surface area contributed by atoms with Gasteiger partial charge in [-0.15, -0.1) is 0 Å². The Morgan fingerprint density at radius 1 is 0.956 bits per heavy atom. The van der Waals surface area contributed by atoms with E-state index in [1.54, 1.807) is 43.6 Å². The van der Waals surface area contributed by atoms with Crippen LogP contribution in [0.25, 0.3) is 16.6 Å². The van der Waals surface area contributed by atoms with Gasteiger partial charge in [0.1, 0.15) is 11.6 Å². The molecule has 10 nitrogen and oxygen atoms in total. The van der Waals surface area contributed by atoms with Crippen LogP contribution in [-0.2, 0) is 11.3 Å². The first-order chi connectivity index (χ1) is 21.9. The number of nitrogens with zero attached hydrogens (tertiary/aromatic N) is 4. The van der Waals surface area contributed by atoms with E-state index in [4.69, 9.17) is 18.9 Å². The lowest BCUT2D eigenvalue weighted by atomic mass is 10.1. The molecule has 0 spiro atoms. The molecule has 0 aliphatic carbocycles. The second-order valence-corrected chi connectivity index (χ2v) is 10.6. The summed E-state index contributed by atoms with van der Waals surface area (Å²) in [5.41, 5.74) is 0.759. The predicted molar refractivity (Wildman–Crippen MR) is 163 cm³/mol. The van der Waals surface area contributed by atoms with Crippen LogP contribution in [0.5, 0.6) is 28.9 Å². The van der Waals surface area contributed by atoms with E-state index >= 15 is 4.39 Å². The fourth-order valence-corrected chi connectivity index (χ4v) is 5.24. The largest absolute Gasteiger partial charge is 0.493 e. The predicted octanol–water partition coefficient (Wildman–Crippen LogP) is 5.12. The first kappa shape index (κ1) is 30.1. The van der Waals surface area contributed by atoms with Crippen LogP contribution < -0.4 is 19.9 Å². The number of fused-ring (bicyclic) bond motifs is 1. The molecule has 0 unspecified atom stereocenters. The monoisotopic (exact) mass is 618 g/mol. The molecule has 1 aliphatic rings. The van der Waals surface area contributed by atoms with Gasteiger partial charge in [-0.05, 0) is 48.4 Å². The Labute approximate surface area is 257 Å². The van der Waals surface area contributed by atoms with Gasteiger partial charge in [-0.3, -0.25) is 14.5 Å². The zero-order chi connectivity index (χ0) is 31.3. The highest BCUT2D eigenvalue weighted by Gasteiger charge is 2.17. The normalized spacial score (nSPS) is 13.7. The lowest BCUT2D eigenvalue weighted by molar-refractivity contribution is 0.0357. The second kappa shape index (κ2) is 13.4. The first-order valence-corrected chi connectivity index (χ1v) is 14.5. The van der Waals surface area contributed by atoms with Gasteiger partial charge in [-0.25, -0.2) is 18.1 Å². The Balaban J connectivity index is 1.18. The van der Waals surface area contributed by atoms with E-state index in [2.05, 4.69) is 9.88 Å². The number of hydrogen-bond donors (Lipinski definition) is 1. The van der Waals surface area contributed by atoms with Crippen molar-refractivity contribution >= 4 is 10.9 Å². The highest BCUT2D eigenvalue weighted by atomic mass is 19.1. The summed E-state index contributed by atoms with van der Waals surface area (Å²) in [7, 11) is 1.54. The van der Waals surface area contributed by atoms with E-state index in [-0.39, 0.29) is 23.9 Å². The lowest BCUT2D eigenvalue weighted by Gasteiger charge is -2.26. The molecule has 1 aliphatic heterocycles. The SMILES string of the molecule is COc1cc2c(Oc3ccc(-n4c(O)cn(Cc5ccc(F)cc5)c4=O)cc3F)ccnc2cc1OCCCN1CCOCC1. The van der Waals surface area contributed by atoms with E-state index in [1.807, 2.05) is 0 Å². The quantitative estimate of drug-likeness (QED) is 0.204. The molecule has 0 radical (unpaired) electrons. The van der Waals surface area contributed by atoms with Crippen molar-refractivity contribution in [1.29, 1.82) is 0 Å². The molecule has 0 amide bonds. The lowest BCUT2D eigenvalue weighted by Crippen LogP contribution is -2.37. The van der Waals surface area contributed by atoms with Gasteiger partial charge < -0.3 is 24.1 Å². The summed E-state index contributed by atoms with van der Waals surface area (Å²) in [5.74, 6) is -0.232. The molecule has 5 aromatic rings. The van der Waals surface area contributed by atoms with E-state index in [0.29, 0.717) is 40.3 Å². The van der Waals surface area contributed by atoms with Crippen molar-refractivity contribution in [3.8, 4) is 34.6 Å². The van der Waals surface area contributed by atoms with Crippen LogP contribution in [0.3, 0.4) is 0 Å². The van der Waals surface area contributed by atoms with Crippen molar-refractivity contribution in [2.45, 2.75) is 13.0 Å². The van der Waals surface area contributed by atoms with Gasteiger partial charge >= 0.3 is 5.69 Å². The maximum absolute atomic E-state index is 15.4. The van der Waals surface area contributed by atoms with Gasteiger partial charge in [-0.1, -0.05) is 12.1 Å². The fourth-order valence-electron chi connectivity index (χ4n) is 5.24. The molecular formula is C33H32F2N4O6. The van der Waals surface area contributed by atoms with Crippen LogP contribution in [0, 0.1) is 11.6 Å². The van der Waals surface area contributed by atoms with Crippen molar-refractivity contribution in [2.24, 2.45) is 0 Å². The van der Waals surface area contributed by atoms with Gasteiger partial charge in [0.2, 0.25) is 5.88 Å². The Morgan fingerprint density at radius 2 is 1.76 bits per heavy atom. The molecule has 12 heteroatoms. The average molecular weight is 619 g/mol. The number of aromatic hydroxyl groups is 1. The zero-order valence-corrected chi connectivity index (χ0v) is 24.6. The number of aromatic nitrogens is 3. The Morgan fingerprint density at radius 3 is 2.51 bits per heavy atom. The summed E-state index contributed by atoms with van der Waals surface area (Å²) in [6.07, 6.45) is 3.64. The third kappa shape index (κ3) is 6.76. The molecule has 0 bridgehead atoms. The topological polar surface area (TPSA) is 100 Å². The molecule has 3 aromatic carbocycles. The van der Waals surface area contributed by atoms with Crippen LogP contribution in [0.2, 0.25) is 0 Å². The molecule has 1 saturated heterocycles. The number of ether oxygens (including phenoxy) is 4. The number of rotatable bonds is 11. The van der Waals surface area contributed by atoms with Gasteiger partial charge in [0.15, 0.2) is 23.1 Å². The third-order valence-electron chi connectivity index (χ3n) is 7.56. The molecule has 0 atom stereocenters. The van der Waals surface area contributed by atoms with Crippen molar-refractivity contribution in [3.63, 3.8) is 0 Å². The highest BCUT2D eigenvalue weighted by Crippen LogP contribution is 2.38. The maximum Gasteiger partial charge on any atom is 0.336 e. The second-order valence-electron chi connectivity index (χ2n) is 10.6. The molecule has 1 N–H and O–H groups in total. The molecule has 2 aromatic heterocycles. The minimum Gasteiger partial charge on any atom is -0.493 e. The van der Waals surface area contributed by atoms with E-state index in [1.165, 1.54) is 35.0 Å². The number of imidazole rings is 1. The Kier molecular flexibility index (Phi) is 8.94. The van der Waals surface area contributed by atoms with Crippen molar-refractivity contribution in [1.82, 2.24) is 19.0 Å². The zero-order valence-electron chi connectivity index (χ0n) is 24.6. The number of hydrogen-bond acceptors (Lipinski definition) is 8. The van der Waals surface area contributed by atoms with Gasteiger partial charge in [-0.2, -0.15) is 0 Å². The smallest absolute Gasteiger partial charge is 0.336 e. The Bertz CT molecular complexity index is 1850. The summed E-state index contributed by atoms with van der Waals surface area (Å²) in [5, 5.41) is 11.1. The highest BCUT2D eigenvalue weighted by molar-refractivity contribution is 5.88. The number of methoxy groups -OCH3 is 1.